The molecule has 9 heteroatoms. The predicted molar refractivity (Wildman–Crippen MR) is 90.0 cm³/mol. The number of aryl methyl sites for hydroxylation is 2. The Morgan fingerprint density at radius 3 is 2.81 bits per heavy atom. The predicted octanol–water partition coefficient (Wildman–Crippen LogP) is 0.566. The van der Waals surface area contributed by atoms with Crippen molar-refractivity contribution in [2.45, 2.75) is 32.4 Å². The van der Waals surface area contributed by atoms with Crippen molar-refractivity contribution >= 4 is 11.8 Å². The monoisotopic (exact) mass is 361 g/mol. The Morgan fingerprint density at radius 2 is 2.15 bits per heavy atom. The van der Waals surface area contributed by atoms with Crippen LogP contribution in [0.1, 0.15) is 38.7 Å². The summed E-state index contributed by atoms with van der Waals surface area (Å²) >= 11 is 0. The van der Waals surface area contributed by atoms with Crippen LogP contribution in [0.15, 0.2) is 18.2 Å². The van der Waals surface area contributed by atoms with Gasteiger partial charge in [-0.05, 0) is 31.9 Å². The topological polar surface area (TPSA) is 111 Å². The zero-order valence-electron chi connectivity index (χ0n) is 14.5. The van der Waals surface area contributed by atoms with E-state index in [1.807, 2.05) is 12.1 Å². The van der Waals surface area contributed by atoms with Gasteiger partial charge in [0.15, 0.2) is 5.69 Å². The number of hydrogen-bond donors (Lipinski definition) is 3. The summed E-state index contributed by atoms with van der Waals surface area (Å²) in [6, 6.07) is 4.15. The Hall–Kier alpha value is -2.81. The lowest BCUT2D eigenvalue weighted by atomic mass is 10.0. The maximum absolute atomic E-state index is 13.0. The fourth-order valence-electron chi connectivity index (χ4n) is 2.95. The van der Waals surface area contributed by atoms with E-state index in [1.54, 1.807) is 13.8 Å². The second-order valence-electron chi connectivity index (χ2n) is 6.41. The van der Waals surface area contributed by atoms with E-state index in [0.717, 1.165) is 17.3 Å². The van der Waals surface area contributed by atoms with Crippen molar-refractivity contribution in [3.8, 4) is 0 Å². The fourth-order valence-corrected chi connectivity index (χ4v) is 2.95. The van der Waals surface area contributed by atoms with Gasteiger partial charge in [0.2, 0.25) is 5.95 Å². The van der Waals surface area contributed by atoms with Crippen molar-refractivity contribution < 1.29 is 19.1 Å². The number of aromatic amines is 1. The normalized spacial score (nSPS) is 20.1. The molecular formula is C17H20FN5O3. The molecule has 1 aliphatic rings. The van der Waals surface area contributed by atoms with E-state index in [9.17, 15) is 19.1 Å². The first-order valence-corrected chi connectivity index (χ1v) is 8.28. The van der Waals surface area contributed by atoms with Gasteiger partial charge in [-0.2, -0.15) is 9.49 Å². The molecular weight excluding hydrogens is 341 g/mol. The number of piperidine rings is 1. The van der Waals surface area contributed by atoms with Crippen LogP contribution in [0.3, 0.4) is 0 Å². The summed E-state index contributed by atoms with van der Waals surface area (Å²) in [7, 11) is 0. The van der Waals surface area contributed by atoms with Gasteiger partial charge in [-0.1, -0.05) is 6.07 Å². The van der Waals surface area contributed by atoms with Crippen molar-refractivity contribution in [1.82, 2.24) is 25.4 Å². The van der Waals surface area contributed by atoms with Crippen molar-refractivity contribution in [3.05, 3.63) is 46.8 Å². The van der Waals surface area contributed by atoms with Gasteiger partial charge in [0.1, 0.15) is 5.69 Å². The molecule has 3 N–H and O–H groups in total. The summed E-state index contributed by atoms with van der Waals surface area (Å²) in [5.74, 6) is -1.52. The number of nitrogens with zero attached hydrogens (tertiary/aromatic N) is 3. The van der Waals surface area contributed by atoms with Crippen molar-refractivity contribution in [2.75, 3.05) is 13.1 Å². The van der Waals surface area contributed by atoms with Gasteiger partial charge in [0.05, 0.1) is 12.1 Å². The van der Waals surface area contributed by atoms with E-state index >= 15 is 0 Å². The Balaban J connectivity index is 1.63. The molecule has 0 unspecified atom stereocenters. The minimum Gasteiger partial charge on any atom is -0.389 e. The SMILES string of the molecule is Cc1ccc(C)c(C(=O)N[C@@H]2CCN(C(=O)c3cc(F)[nH]n3)C[C@H]2O)n1. The second-order valence-corrected chi connectivity index (χ2v) is 6.41. The number of amides is 2. The summed E-state index contributed by atoms with van der Waals surface area (Å²) in [6.45, 7) is 3.93. The fraction of sp³-hybridized carbons (Fsp3) is 0.412. The minimum absolute atomic E-state index is 0.0263. The Morgan fingerprint density at radius 1 is 1.38 bits per heavy atom. The summed E-state index contributed by atoms with van der Waals surface area (Å²) in [6.07, 6.45) is -0.568. The van der Waals surface area contributed by atoms with Crippen LogP contribution in [-0.4, -0.2) is 62.2 Å². The Labute approximate surface area is 149 Å². The number of pyridine rings is 1. The van der Waals surface area contributed by atoms with Crippen LogP contribution in [0.2, 0.25) is 0 Å². The van der Waals surface area contributed by atoms with Crippen LogP contribution < -0.4 is 5.32 Å². The molecule has 138 valence electrons. The van der Waals surface area contributed by atoms with E-state index in [2.05, 4.69) is 20.5 Å². The Bertz CT molecular complexity index is 838. The average molecular weight is 361 g/mol. The van der Waals surface area contributed by atoms with Crippen LogP contribution in [0.25, 0.3) is 0 Å². The molecule has 3 heterocycles. The lowest BCUT2D eigenvalue weighted by molar-refractivity contribution is 0.0310. The van der Waals surface area contributed by atoms with Crippen LogP contribution >= 0.6 is 0 Å². The molecule has 1 saturated heterocycles. The number of β-amino-alcohol motifs (C(OH)–C–C–N with tert-alkyl or cyclic N) is 1. The zero-order chi connectivity index (χ0) is 18.8. The van der Waals surface area contributed by atoms with Crippen molar-refractivity contribution in [3.63, 3.8) is 0 Å². The van der Waals surface area contributed by atoms with Gasteiger partial charge in [0.25, 0.3) is 11.8 Å². The summed E-state index contributed by atoms with van der Waals surface area (Å²) in [5.41, 5.74) is 1.75. The van der Waals surface area contributed by atoms with E-state index in [-0.39, 0.29) is 18.1 Å². The number of aliphatic hydroxyl groups excluding tert-OH is 1. The summed E-state index contributed by atoms with van der Waals surface area (Å²) in [5, 5.41) is 18.8. The summed E-state index contributed by atoms with van der Waals surface area (Å²) in [4.78, 5) is 30.3. The maximum atomic E-state index is 13.0. The molecule has 8 nitrogen and oxygen atoms in total. The van der Waals surface area contributed by atoms with Gasteiger partial charge >= 0.3 is 0 Å². The molecule has 0 aliphatic carbocycles. The number of nitrogens with one attached hydrogen (secondary N) is 2. The molecule has 26 heavy (non-hydrogen) atoms. The maximum Gasteiger partial charge on any atom is 0.274 e. The quantitative estimate of drug-likeness (QED) is 0.740. The molecule has 1 aliphatic heterocycles. The number of hydrogen-bond acceptors (Lipinski definition) is 5. The number of carbonyl (C=O) groups is 2. The molecule has 0 saturated carbocycles. The van der Waals surface area contributed by atoms with Crippen LogP contribution in [-0.2, 0) is 0 Å². The molecule has 2 amide bonds. The number of aliphatic hydroxyl groups is 1. The number of halogens is 1. The van der Waals surface area contributed by atoms with Gasteiger partial charge in [0, 0.05) is 24.8 Å². The van der Waals surface area contributed by atoms with Crippen LogP contribution in [0.4, 0.5) is 4.39 Å². The molecule has 0 bridgehead atoms. The lowest BCUT2D eigenvalue weighted by Crippen LogP contribution is -2.55. The van der Waals surface area contributed by atoms with E-state index in [1.165, 1.54) is 4.90 Å². The van der Waals surface area contributed by atoms with Crippen molar-refractivity contribution in [1.29, 1.82) is 0 Å². The standard InChI is InChI=1S/C17H20FN5O3/c1-9-3-4-10(2)19-15(9)16(25)20-11-5-6-23(8-13(11)24)17(26)12-7-14(18)22-21-12/h3-4,7,11,13,24H,5-6,8H2,1-2H3,(H,20,25)(H,21,22)/t11-,13-/m1/s1. The largest absolute Gasteiger partial charge is 0.389 e. The first-order valence-electron chi connectivity index (χ1n) is 8.28. The van der Waals surface area contributed by atoms with Gasteiger partial charge < -0.3 is 15.3 Å². The third-order valence-electron chi connectivity index (χ3n) is 4.40. The highest BCUT2D eigenvalue weighted by Crippen LogP contribution is 2.15. The first kappa shape index (κ1) is 18.0. The Kier molecular flexibility index (Phi) is 4.99. The zero-order valence-corrected chi connectivity index (χ0v) is 14.5. The van der Waals surface area contributed by atoms with E-state index in [4.69, 9.17) is 0 Å². The van der Waals surface area contributed by atoms with Gasteiger partial charge in [-0.3, -0.25) is 14.7 Å². The molecule has 2 aromatic heterocycles. The first-order chi connectivity index (χ1) is 12.3. The third kappa shape index (κ3) is 3.72. The number of aromatic nitrogens is 3. The average Bonchev–Trinajstić information content (AvgIpc) is 3.04. The number of H-pyrrole nitrogens is 1. The molecule has 0 radical (unpaired) electrons. The van der Waals surface area contributed by atoms with E-state index < -0.39 is 24.0 Å². The second kappa shape index (κ2) is 7.20. The highest BCUT2D eigenvalue weighted by molar-refractivity contribution is 5.94. The van der Waals surface area contributed by atoms with Crippen LogP contribution in [0.5, 0.6) is 0 Å². The lowest BCUT2D eigenvalue weighted by Gasteiger charge is -2.35. The smallest absolute Gasteiger partial charge is 0.274 e. The molecule has 0 aromatic carbocycles. The van der Waals surface area contributed by atoms with Gasteiger partial charge in [-0.15, -0.1) is 0 Å². The molecule has 3 rings (SSSR count). The van der Waals surface area contributed by atoms with Gasteiger partial charge in [-0.25, -0.2) is 4.98 Å². The minimum atomic E-state index is -0.939. The molecule has 1 fully saturated rings. The van der Waals surface area contributed by atoms with Crippen molar-refractivity contribution in [2.24, 2.45) is 0 Å². The highest BCUT2D eigenvalue weighted by atomic mass is 19.1. The molecule has 2 atom stereocenters. The molecule has 2 aromatic rings. The number of carbonyl (C=O) groups excluding carboxylic acids is 2. The van der Waals surface area contributed by atoms with E-state index in [0.29, 0.717) is 18.7 Å². The third-order valence-corrected chi connectivity index (χ3v) is 4.40. The highest BCUT2D eigenvalue weighted by Gasteiger charge is 2.32. The molecule has 0 spiro atoms. The number of likely N-dealkylation sites (tertiary alicyclic amines) is 1. The van der Waals surface area contributed by atoms with Crippen LogP contribution in [0, 0.1) is 19.8 Å². The summed E-state index contributed by atoms with van der Waals surface area (Å²) < 4.78 is 13.0. The number of rotatable bonds is 3.